The lowest BCUT2D eigenvalue weighted by Crippen LogP contribution is -2.15. The van der Waals surface area contributed by atoms with Crippen LogP contribution in [0.1, 0.15) is 16.1 Å². The van der Waals surface area contributed by atoms with Crippen LogP contribution < -0.4 is 14.8 Å². The van der Waals surface area contributed by atoms with Gasteiger partial charge in [-0.1, -0.05) is 17.3 Å². The van der Waals surface area contributed by atoms with Gasteiger partial charge in [0.25, 0.3) is 15.9 Å². The van der Waals surface area contributed by atoms with Crippen molar-refractivity contribution in [3.63, 3.8) is 0 Å². The zero-order valence-corrected chi connectivity index (χ0v) is 15.4. The Morgan fingerprint density at radius 2 is 1.81 bits per heavy atom. The molecular formula is C18H17N3O5S. The third kappa shape index (κ3) is 4.26. The lowest BCUT2D eigenvalue weighted by Gasteiger charge is -2.10. The number of aromatic nitrogens is 1. The fourth-order valence-electron chi connectivity index (χ4n) is 2.34. The third-order valence-corrected chi connectivity index (χ3v) is 5.02. The van der Waals surface area contributed by atoms with Crippen LogP contribution in [0.25, 0.3) is 0 Å². The molecule has 27 heavy (non-hydrogen) atoms. The van der Waals surface area contributed by atoms with Crippen molar-refractivity contribution in [2.45, 2.75) is 11.8 Å². The Labute approximate surface area is 156 Å². The molecule has 140 valence electrons. The molecule has 0 aliphatic rings. The minimum Gasteiger partial charge on any atom is -0.495 e. The summed E-state index contributed by atoms with van der Waals surface area (Å²) in [4.78, 5) is 12.4. The van der Waals surface area contributed by atoms with Crippen LogP contribution in [0.15, 0.2) is 64.0 Å². The lowest BCUT2D eigenvalue weighted by molar-refractivity contribution is 0.102. The maximum atomic E-state index is 12.4. The van der Waals surface area contributed by atoms with Crippen LogP contribution in [0, 0.1) is 6.92 Å². The molecule has 8 nitrogen and oxygen atoms in total. The average Bonchev–Trinajstić information content (AvgIpc) is 3.06. The quantitative estimate of drug-likeness (QED) is 0.673. The number of benzene rings is 2. The molecule has 0 fully saturated rings. The van der Waals surface area contributed by atoms with Crippen LogP contribution >= 0.6 is 0 Å². The zero-order valence-electron chi connectivity index (χ0n) is 14.6. The molecule has 0 saturated heterocycles. The van der Waals surface area contributed by atoms with E-state index in [1.807, 2.05) is 0 Å². The van der Waals surface area contributed by atoms with E-state index >= 15 is 0 Å². The molecule has 0 atom stereocenters. The Kier molecular flexibility index (Phi) is 5.13. The Bertz CT molecular complexity index is 1060. The van der Waals surface area contributed by atoms with Gasteiger partial charge in [-0.2, -0.15) is 0 Å². The summed E-state index contributed by atoms with van der Waals surface area (Å²) in [6.07, 6.45) is 0. The van der Waals surface area contributed by atoms with E-state index in [-0.39, 0.29) is 16.6 Å². The topological polar surface area (TPSA) is 111 Å². The summed E-state index contributed by atoms with van der Waals surface area (Å²) < 4.78 is 37.0. The van der Waals surface area contributed by atoms with E-state index in [9.17, 15) is 13.2 Å². The largest absolute Gasteiger partial charge is 0.495 e. The van der Waals surface area contributed by atoms with Gasteiger partial charge in [0.1, 0.15) is 11.5 Å². The van der Waals surface area contributed by atoms with Crippen molar-refractivity contribution < 1.29 is 22.5 Å². The maximum Gasteiger partial charge on any atom is 0.263 e. The van der Waals surface area contributed by atoms with Gasteiger partial charge in [0.2, 0.25) is 0 Å². The molecule has 0 aliphatic heterocycles. The first kappa shape index (κ1) is 18.5. The number of carbonyl (C=O) groups is 1. The molecule has 0 bridgehead atoms. The number of para-hydroxylation sites is 2. The molecule has 1 aromatic heterocycles. The second-order valence-corrected chi connectivity index (χ2v) is 7.29. The van der Waals surface area contributed by atoms with Crippen molar-refractivity contribution in [1.29, 1.82) is 0 Å². The van der Waals surface area contributed by atoms with Crippen molar-refractivity contribution >= 4 is 27.4 Å². The molecule has 0 spiro atoms. The number of rotatable bonds is 6. The average molecular weight is 387 g/mol. The number of hydrogen-bond acceptors (Lipinski definition) is 6. The standard InChI is InChI=1S/C18H17N3O5S/c1-12-11-17(20-26-12)21-27(23,24)14-9-7-13(8-10-14)18(22)19-15-5-3-4-6-16(15)25-2/h3-11H,1-2H3,(H,19,22)(H,20,21). The number of carbonyl (C=O) groups excluding carboxylic acids is 1. The molecule has 0 unspecified atom stereocenters. The van der Waals surface area contributed by atoms with Crippen LogP contribution in [-0.4, -0.2) is 26.6 Å². The second kappa shape index (κ2) is 7.50. The van der Waals surface area contributed by atoms with E-state index in [2.05, 4.69) is 15.2 Å². The highest BCUT2D eigenvalue weighted by atomic mass is 32.2. The number of nitrogens with zero attached hydrogens (tertiary/aromatic N) is 1. The summed E-state index contributed by atoms with van der Waals surface area (Å²) in [6, 6.07) is 14.0. The van der Waals surface area contributed by atoms with E-state index in [1.54, 1.807) is 31.2 Å². The molecule has 2 aromatic carbocycles. The molecule has 2 N–H and O–H groups in total. The summed E-state index contributed by atoms with van der Waals surface area (Å²) in [6.45, 7) is 1.65. The van der Waals surface area contributed by atoms with Gasteiger partial charge in [0, 0.05) is 11.6 Å². The molecule has 9 heteroatoms. The van der Waals surface area contributed by atoms with Crippen LogP contribution in [-0.2, 0) is 10.0 Å². The van der Waals surface area contributed by atoms with Crippen molar-refractivity contribution in [1.82, 2.24) is 5.16 Å². The molecular weight excluding hydrogens is 370 g/mol. The number of aryl methyl sites for hydroxylation is 1. The number of methoxy groups -OCH3 is 1. The van der Waals surface area contributed by atoms with Crippen molar-refractivity contribution in [2.75, 3.05) is 17.1 Å². The highest BCUT2D eigenvalue weighted by molar-refractivity contribution is 7.92. The fraction of sp³-hybridized carbons (Fsp3) is 0.111. The molecule has 3 aromatic rings. The van der Waals surface area contributed by atoms with Crippen LogP contribution in [0.2, 0.25) is 0 Å². The number of amides is 1. The van der Waals surface area contributed by atoms with Crippen molar-refractivity contribution in [3.05, 3.63) is 65.9 Å². The molecule has 0 radical (unpaired) electrons. The third-order valence-electron chi connectivity index (χ3n) is 3.65. The van der Waals surface area contributed by atoms with Gasteiger partial charge in [0.05, 0.1) is 17.7 Å². The Hall–Kier alpha value is -3.33. The van der Waals surface area contributed by atoms with Crippen LogP contribution in [0.4, 0.5) is 11.5 Å². The Morgan fingerprint density at radius 1 is 1.11 bits per heavy atom. The monoisotopic (exact) mass is 387 g/mol. The Morgan fingerprint density at radius 3 is 2.44 bits per heavy atom. The van der Waals surface area contributed by atoms with E-state index in [0.717, 1.165) is 0 Å². The van der Waals surface area contributed by atoms with Crippen LogP contribution in [0.3, 0.4) is 0 Å². The van der Waals surface area contributed by atoms with Gasteiger partial charge >= 0.3 is 0 Å². The molecule has 0 saturated carbocycles. The van der Waals surface area contributed by atoms with Crippen molar-refractivity contribution in [2.24, 2.45) is 0 Å². The molecule has 3 rings (SSSR count). The molecule has 0 aliphatic carbocycles. The van der Waals surface area contributed by atoms with E-state index in [1.165, 1.54) is 37.4 Å². The summed E-state index contributed by atoms with van der Waals surface area (Å²) in [5.74, 6) is 0.710. The predicted octanol–water partition coefficient (Wildman–Crippen LogP) is 3.04. The van der Waals surface area contributed by atoms with Gasteiger partial charge in [0.15, 0.2) is 5.82 Å². The number of hydrogen-bond donors (Lipinski definition) is 2. The highest BCUT2D eigenvalue weighted by Gasteiger charge is 2.17. The maximum absolute atomic E-state index is 12.4. The summed E-state index contributed by atoms with van der Waals surface area (Å²) >= 11 is 0. The minimum atomic E-state index is -3.84. The zero-order chi connectivity index (χ0) is 19.4. The number of sulfonamides is 1. The number of nitrogens with one attached hydrogen (secondary N) is 2. The summed E-state index contributed by atoms with van der Waals surface area (Å²) in [7, 11) is -2.33. The van der Waals surface area contributed by atoms with Crippen LogP contribution in [0.5, 0.6) is 5.75 Å². The number of ether oxygens (including phenoxy) is 1. The van der Waals surface area contributed by atoms with Gasteiger partial charge in [-0.15, -0.1) is 0 Å². The second-order valence-electron chi connectivity index (χ2n) is 5.61. The highest BCUT2D eigenvalue weighted by Crippen LogP contribution is 2.24. The van der Waals surface area contributed by atoms with Crippen molar-refractivity contribution in [3.8, 4) is 5.75 Å². The first-order valence-electron chi connectivity index (χ1n) is 7.89. The van der Waals surface area contributed by atoms with Gasteiger partial charge in [-0.05, 0) is 43.3 Å². The number of anilines is 2. The van der Waals surface area contributed by atoms with Gasteiger partial charge in [-0.3, -0.25) is 9.52 Å². The minimum absolute atomic E-state index is 0.00278. The normalized spacial score (nSPS) is 11.0. The molecule has 1 amide bonds. The lowest BCUT2D eigenvalue weighted by atomic mass is 10.2. The van der Waals surface area contributed by atoms with E-state index in [4.69, 9.17) is 9.26 Å². The fourth-order valence-corrected chi connectivity index (χ4v) is 3.32. The first-order valence-corrected chi connectivity index (χ1v) is 9.38. The van der Waals surface area contributed by atoms with E-state index < -0.39 is 10.0 Å². The smallest absolute Gasteiger partial charge is 0.263 e. The van der Waals surface area contributed by atoms with Gasteiger partial charge in [-0.25, -0.2) is 8.42 Å². The first-order chi connectivity index (χ1) is 12.9. The molecule has 1 heterocycles. The van der Waals surface area contributed by atoms with E-state index in [0.29, 0.717) is 22.8 Å². The summed E-state index contributed by atoms with van der Waals surface area (Å²) in [5.41, 5.74) is 0.821. The Balaban J connectivity index is 1.75. The predicted molar refractivity (Wildman–Crippen MR) is 99.4 cm³/mol. The SMILES string of the molecule is COc1ccccc1NC(=O)c1ccc(S(=O)(=O)Nc2cc(C)on2)cc1. The summed E-state index contributed by atoms with van der Waals surface area (Å²) in [5, 5.41) is 6.32. The van der Waals surface area contributed by atoms with Gasteiger partial charge < -0.3 is 14.6 Å².